The summed E-state index contributed by atoms with van der Waals surface area (Å²) in [4.78, 5) is 12.6. The number of methoxy groups -OCH3 is 2. The molecule has 3 nitrogen and oxygen atoms in total. The minimum Gasteiger partial charge on any atom is -0.496 e. The number of ketones is 1. The van der Waals surface area contributed by atoms with E-state index in [-0.39, 0.29) is 5.78 Å². The van der Waals surface area contributed by atoms with Gasteiger partial charge in [0.2, 0.25) is 0 Å². The van der Waals surface area contributed by atoms with Crippen molar-refractivity contribution in [2.24, 2.45) is 0 Å². The van der Waals surface area contributed by atoms with E-state index in [9.17, 15) is 4.79 Å². The minimum absolute atomic E-state index is 0.0867. The summed E-state index contributed by atoms with van der Waals surface area (Å²) in [5, 5.41) is 0. The second-order valence-electron chi connectivity index (χ2n) is 4.39. The lowest BCUT2D eigenvalue weighted by atomic mass is 10.0. The Kier molecular flexibility index (Phi) is 4.45. The lowest BCUT2D eigenvalue weighted by Crippen LogP contribution is -2.05. The first kappa shape index (κ1) is 14.6. The van der Waals surface area contributed by atoms with Crippen LogP contribution in [0.1, 0.15) is 21.5 Å². The van der Waals surface area contributed by atoms with Crippen LogP contribution in [0.15, 0.2) is 40.9 Å². The van der Waals surface area contributed by atoms with E-state index in [0.717, 1.165) is 10.0 Å². The third-order valence-electron chi connectivity index (χ3n) is 3.00. The first-order chi connectivity index (χ1) is 9.56. The van der Waals surface area contributed by atoms with Crippen molar-refractivity contribution in [3.8, 4) is 11.5 Å². The molecule has 0 aliphatic carbocycles. The minimum atomic E-state index is -0.0867. The summed E-state index contributed by atoms with van der Waals surface area (Å²) < 4.78 is 11.3. The van der Waals surface area contributed by atoms with E-state index in [1.54, 1.807) is 32.4 Å². The van der Waals surface area contributed by atoms with Crippen molar-refractivity contribution in [3.05, 3.63) is 57.6 Å². The predicted octanol–water partition coefficient (Wildman–Crippen LogP) is 4.01. The second kappa shape index (κ2) is 6.09. The molecule has 0 heterocycles. The number of benzene rings is 2. The van der Waals surface area contributed by atoms with E-state index in [1.807, 2.05) is 25.1 Å². The molecule has 0 aromatic heterocycles. The van der Waals surface area contributed by atoms with Crippen LogP contribution in [0, 0.1) is 6.92 Å². The Bertz CT molecular complexity index is 650. The quantitative estimate of drug-likeness (QED) is 0.792. The highest BCUT2D eigenvalue weighted by molar-refractivity contribution is 9.10. The van der Waals surface area contributed by atoms with E-state index in [4.69, 9.17) is 9.47 Å². The van der Waals surface area contributed by atoms with Gasteiger partial charge in [0.05, 0.1) is 24.3 Å². The number of hydrogen-bond donors (Lipinski definition) is 0. The highest BCUT2D eigenvalue weighted by Gasteiger charge is 2.17. The molecule has 4 heteroatoms. The van der Waals surface area contributed by atoms with Crippen molar-refractivity contribution in [2.45, 2.75) is 6.92 Å². The molecule has 2 rings (SSSR count). The van der Waals surface area contributed by atoms with Gasteiger partial charge in [-0.3, -0.25) is 4.79 Å². The van der Waals surface area contributed by atoms with Crippen molar-refractivity contribution >= 4 is 21.7 Å². The predicted molar refractivity (Wildman–Crippen MR) is 81.9 cm³/mol. The molecule has 0 spiro atoms. The molecule has 20 heavy (non-hydrogen) atoms. The maximum atomic E-state index is 12.6. The van der Waals surface area contributed by atoms with Gasteiger partial charge in [0, 0.05) is 5.56 Å². The largest absolute Gasteiger partial charge is 0.496 e. The van der Waals surface area contributed by atoms with Gasteiger partial charge in [-0.05, 0) is 41.1 Å². The molecule has 0 radical (unpaired) electrons. The normalized spacial score (nSPS) is 10.2. The Morgan fingerprint density at radius 1 is 1.05 bits per heavy atom. The number of carbonyl (C=O) groups excluding carboxylic acids is 1. The van der Waals surface area contributed by atoms with Crippen molar-refractivity contribution in [3.63, 3.8) is 0 Å². The Hall–Kier alpha value is -1.81. The zero-order valence-corrected chi connectivity index (χ0v) is 13.2. The molecule has 0 fully saturated rings. The molecule has 104 valence electrons. The number of ether oxygens (including phenoxy) is 2. The lowest BCUT2D eigenvalue weighted by molar-refractivity contribution is 0.103. The highest BCUT2D eigenvalue weighted by atomic mass is 79.9. The Labute approximate surface area is 126 Å². The molecule has 0 unspecified atom stereocenters. The van der Waals surface area contributed by atoms with Crippen LogP contribution < -0.4 is 9.47 Å². The van der Waals surface area contributed by atoms with E-state index >= 15 is 0 Å². The number of carbonyl (C=O) groups is 1. The van der Waals surface area contributed by atoms with Gasteiger partial charge in [-0.1, -0.05) is 23.8 Å². The monoisotopic (exact) mass is 334 g/mol. The molecule has 0 N–H and O–H groups in total. The number of hydrogen-bond acceptors (Lipinski definition) is 3. The van der Waals surface area contributed by atoms with Gasteiger partial charge in [-0.2, -0.15) is 0 Å². The van der Waals surface area contributed by atoms with Gasteiger partial charge in [0.1, 0.15) is 11.5 Å². The Morgan fingerprint density at radius 3 is 2.35 bits per heavy atom. The average molecular weight is 335 g/mol. The first-order valence-electron chi connectivity index (χ1n) is 6.09. The summed E-state index contributed by atoms with van der Waals surface area (Å²) in [5.41, 5.74) is 2.16. The summed E-state index contributed by atoms with van der Waals surface area (Å²) in [6.07, 6.45) is 0. The van der Waals surface area contributed by atoms with Gasteiger partial charge in [-0.25, -0.2) is 0 Å². The fourth-order valence-corrected chi connectivity index (χ4v) is 2.46. The summed E-state index contributed by atoms with van der Waals surface area (Å²) in [6.45, 7) is 1.95. The standard InChI is InChI=1S/C16H15BrO3/c1-10-5-4-6-11(7-10)16(18)12-8-15(20-3)13(17)9-14(12)19-2/h4-9H,1-3H3. The molecule has 2 aromatic rings. The topological polar surface area (TPSA) is 35.5 Å². The Balaban J connectivity index is 2.53. The van der Waals surface area contributed by atoms with Crippen molar-refractivity contribution < 1.29 is 14.3 Å². The summed E-state index contributed by atoms with van der Waals surface area (Å²) in [7, 11) is 3.11. The van der Waals surface area contributed by atoms with E-state index < -0.39 is 0 Å². The molecule has 0 bridgehead atoms. The van der Waals surface area contributed by atoms with Crippen molar-refractivity contribution in [1.82, 2.24) is 0 Å². The first-order valence-corrected chi connectivity index (χ1v) is 6.89. The van der Waals surface area contributed by atoms with Crippen LogP contribution in [-0.4, -0.2) is 20.0 Å². The SMILES string of the molecule is COc1cc(C(=O)c2cccc(C)c2)c(OC)cc1Br. The second-order valence-corrected chi connectivity index (χ2v) is 5.24. The third kappa shape index (κ3) is 2.85. The third-order valence-corrected chi connectivity index (χ3v) is 3.62. The van der Waals surface area contributed by atoms with Gasteiger partial charge in [-0.15, -0.1) is 0 Å². The zero-order chi connectivity index (χ0) is 14.7. The smallest absolute Gasteiger partial charge is 0.196 e. The van der Waals surface area contributed by atoms with Gasteiger partial charge in [0.25, 0.3) is 0 Å². The summed E-state index contributed by atoms with van der Waals surface area (Å²) in [6, 6.07) is 10.9. The molecule has 0 aliphatic rings. The summed E-state index contributed by atoms with van der Waals surface area (Å²) >= 11 is 3.38. The van der Waals surface area contributed by atoms with Crippen molar-refractivity contribution in [2.75, 3.05) is 14.2 Å². The molecule has 0 atom stereocenters. The van der Waals surface area contributed by atoms with Crippen LogP contribution in [-0.2, 0) is 0 Å². The maximum absolute atomic E-state index is 12.6. The van der Waals surface area contributed by atoms with Crippen LogP contribution in [0.25, 0.3) is 0 Å². The van der Waals surface area contributed by atoms with Gasteiger partial charge < -0.3 is 9.47 Å². The number of rotatable bonds is 4. The molecule has 0 saturated carbocycles. The zero-order valence-electron chi connectivity index (χ0n) is 11.6. The van der Waals surface area contributed by atoms with Crippen molar-refractivity contribution in [1.29, 1.82) is 0 Å². The lowest BCUT2D eigenvalue weighted by Gasteiger charge is -2.11. The fraction of sp³-hybridized carbons (Fsp3) is 0.188. The maximum Gasteiger partial charge on any atom is 0.196 e. The van der Waals surface area contributed by atoms with E-state index in [0.29, 0.717) is 22.6 Å². The van der Waals surface area contributed by atoms with Crippen LogP contribution in [0.3, 0.4) is 0 Å². The molecular weight excluding hydrogens is 320 g/mol. The molecule has 0 aliphatic heterocycles. The summed E-state index contributed by atoms with van der Waals surface area (Å²) in [5.74, 6) is 1.03. The molecule has 0 amide bonds. The molecule has 0 saturated heterocycles. The Morgan fingerprint density at radius 2 is 1.75 bits per heavy atom. The van der Waals surface area contributed by atoms with Crippen LogP contribution in [0.2, 0.25) is 0 Å². The number of halogens is 1. The van der Waals surface area contributed by atoms with Crippen LogP contribution in [0.4, 0.5) is 0 Å². The highest BCUT2D eigenvalue weighted by Crippen LogP contribution is 2.33. The molecule has 2 aromatic carbocycles. The van der Waals surface area contributed by atoms with Gasteiger partial charge in [0.15, 0.2) is 5.78 Å². The van der Waals surface area contributed by atoms with Crippen LogP contribution in [0.5, 0.6) is 11.5 Å². The van der Waals surface area contributed by atoms with E-state index in [2.05, 4.69) is 15.9 Å². The van der Waals surface area contributed by atoms with Gasteiger partial charge >= 0.3 is 0 Å². The molecular formula is C16H15BrO3. The fourth-order valence-electron chi connectivity index (χ4n) is 1.98. The average Bonchev–Trinajstić information content (AvgIpc) is 2.46. The number of aryl methyl sites for hydroxylation is 1. The van der Waals surface area contributed by atoms with Crippen LogP contribution >= 0.6 is 15.9 Å². The van der Waals surface area contributed by atoms with E-state index in [1.165, 1.54) is 0 Å².